The van der Waals surface area contributed by atoms with E-state index >= 15 is 0 Å². The van der Waals surface area contributed by atoms with E-state index in [0.29, 0.717) is 11.5 Å². The van der Waals surface area contributed by atoms with E-state index in [-0.39, 0.29) is 0 Å². The normalized spacial score (nSPS) is 22.3. The molecule has 1 nitrogen and oxygen atoms in total. The molecule has 1 N–H and O–H groups in total. The van der Waals surface area contributed by atoms with Crippen molar-refractivity contribution in [3.8, 4) is 0 Å². The number of rotatable bonds is 6. The summed E-state index contributed by atoms with van der Waals surface area (Å²) in [6.07, 6.45) is 3.57. The van der Waals surface area contributed by atoms with E-state index in [0.717, 1.165) is 23.9 Å². The Bertz CT molecular complexity index is 439. The van der Waals surface area contributed by atoms with Crippen LogP contribution in [0.2, 0.25) is 5.02 Å². The third kappa shape index (κ3) is 3.73. The highest BCUT2D eigenvalue weighted by Crippen LogP contribution is 2.54. The monoisotopic (exact) mass is 279 g/mol. The maximum absolute atomic E-state index is 6.38. The molecule has 0 aromatic heterocycles. The lowest BCUT2D eigenvalue weighted by Crippen LogP contribution is -2.35. The first-order valence-corrected chi connectivity index (χ1v) is 7.80. The van der Waals surface area contributed by atoms with Crippen LogP contribution < -0.4 is 5.32 Å². The van der Waals surface area contributed by atoms with Crippen LogP contribution in [0.25, 0.3) is 0 Å². The molecule has 0 aliphatic heterocycles. The minimum atomic E-state index is 0.503. The molecule has 1 aliphatic rings. The average Bonchev–Trinajstić information content (AvgIpc) is 2.96. The van der Waals surface area contributed by atoms with Gasteiger partial charge in [-0.25, -0.2) is 0 Å². The first kappa shape index (κ1) is 14.9. The average molecular weight is 280 g/mol. The number of nitrogens with one attached hydrogen (secondary N) is 1. The fourth-order valence-electron chi connectivity index (χ4n) is 2.94. The zero-order chi connectivity index (χ0) is 14.0. The Balaban J connectivity index is 2.07. The quantitative estimate of drug-likeness (QED) is 0.802. The van der Waals surface area contributed by atoms with Crippen LogP contribution >= 0.6 is 11.6 Å². The third-order valence-corrected chi connectivity index (χ3v) is 4.73. The maximum Gasteiger partial charge on any atom is 0.0441 e. The molecule has 0 heterocycles. The van der Waals surface area contributed by atoms with Gasteiger partial charge in [0.25, 0.3) is 0 Å². The van der Waals surface area contributed by atoms with E-state index < -0.39 is 0 Å². The van der Waals surface area contributed by atoms with Crippen LogP contribution in [0.4, 0.5) is 0 Å². The van der Waals surface area contributed by atoms with E-state index in [1.165, 1.54) is 24.0 Å². The highest BCUT2D eigenvalue weighted by Gasteiger charge is 2.49. The molecule has 19 heavy (non-hydrogen) atoms. The molecular formula is C17H26ClN. The predicted octanol–water partition coefficient (Wildman–Crippen LogP) is 4.61. The molecule has 1 aromatic rings. The van der Waals surface area contributed by atoms with Crippen LogP contribution in [0.1, 0.15) is 44.7 Å². The molecule has 1 aliphatic carbocycles. The predicted molar refractivity (Wildman–Crippen MR) is 83.9 cm³/mol. The van der Waals surface area contributed by atoms with Gasteiger partial charge in [-0.3, -0.25) is 0 Å². The third-order valence-electron chi connectivity index (χ3n) is 4.38. The molecule has 1 saturated carbocycles. The molecule has 2 unspecified atom stereocenters. The molecule has 0 bridgehead atoms. The summed E-state index contributed by atoms with van der Waals surface area (Å²) in [6.45, 7) is 10.2. The zero-order valence-corrected chi connectivity index (χ0v) is 13.3. The molecule has 0 radical (unpaired) electrons. The van der Waals surface area contributed by atoms with Gasteiger partial charge in [-0.1, -0.05) is 44.5 Å². The molecule has 1 fully saturated rings. The standard InChI is InChI=1S/C17H26ClN/c1-5-8-19-16(14-11-17(14,3)4)10-13-7-6-12(2)9-15(13)18/h6-7,9,14,16,19H,5,8,10-11H2,1-4H3. The Morgan fingerprint density at radius 3 is 2.63 bits per heavy atom. The van der Waals surface area contributed by atoms with Gasteiger partial charge in [0.2, 0.25) is 0 Å². The summed E-state index contributed by atoms with van der Waals surface area (Å²) >= 11 is 6.38. The van der Waals surface area contributed by atoms with Gasteiger partial charge in [0.05, 0.1) is 0 Å². The molecule has 2 rings (SSSR count). The second-order valence-electron chi connectivity index (χ2n) is 6.66. The van der Waals surface area contributed by atoms with Gasteiger partial charge < -0.3 is 5.32 Å². The minimum Gasteiger partial charge on any atom is -0.313 e. The summed E-state index contributed by atoms with van der Waals surface area (Å²) < 4.78 is 0. The van der Waals surface area contributed by atoms with Crippen LogP contribution in [0.3, 0.4) is 0 Å². The largest absolute Gasteiger partial charge is 0.313 e. The molecule has 0 saturated heterocycles. The fourth-order valence-corrected chi connectivity index (χ4v) is 3.25. The van der Waals surface area contributed by atoms with Crippen molar-refractivity contribution >= 4 is 11.6 Å². The Labute approximate surface area is 122 Å². The van der Waals surface area contributed by atoms with Gasteiger partial charge in [-0.2, -0.15) is 0 Å². The number of benzene rings is 1. The Morgan fingerprint density at radius 2 is 2.11 bits per heavy atom. The fraction of sp³-hybridized carbons (Fsp3) is 0.647. The number of hydrogen-bond donors (Lipinski definition) is 1. The van der Waals surface area contributed by atoms with Crippen molar-refractivity contribution in [2.24, 2.45) is 11.3 Å². The van der Waals surface area contributed by atoms with Gasteiger partial charge in [-0.15, -0.1) is 0 Å². The van der Waals surface area contributed by atoms with Crippen molar-refractivity contribution in [3.63, 3.8) is 0 Å². The van der Waals surface area contributed by atoms with E-state index in [1.807, 2.05) is 0 Å². The lowest BCUT2D eigenvalue weighted by atomic mass is 9.96. The smallest absolute Gasteiger partial charge is 0.0441 e. The SMILES string of the molecule is CCCNC(Cc1ccc(C)cc1Cl)C1CC1(C)C. The number of halogens is 1. The topological polar surface area (TPSA) is 12.0 Å². The van der Waals surface area contributed by atoms with Crippen LogP contribution in [0.5, 0.6) is 0 Å². The Hall–Kier alpha value is -0.530. The van der Waals surface area contributed by atoms with Crippen LogP contribution in [-0.4, -0.2) is 12.6 Å². The summed E-state index contributed by atoms with van der Waals surface area (Å²) in [7, 11) is 0. The highest BCUT2D eigenvalue weighted by atomic mass is 35.5. The maximum atomic E-state index is 6.38. The van der Waals surface area contributed by atoms with E-state index in [9.17, 15) is 0 Å². The van der Waals surface area contributed by atoms with Crippen molar-refractivity contribution in [2.75, 3.05) is 6.54 Å². The van der Waals surface area contributed by atoms with Crippen molar-refractivity contribution in [3.05, 3.63) is 34.3 Å². The lowest BCUT2D eigenvalue weighted by molar-refractivity contribution is 0.402. The van der Waals surface area contributed by atoms with Gasteiger partial charge >= 0.3 is 0 Å². The minimum absolute atomic E-state index is 0.503. The summed E-state index contributed by atoms with van der Waals surface area (Å²) in [6, 6.07) is 6.99. The molecule has 2 atom stereocenters. The Morgan fingerprint density at radius 1 is 1.42 bits per heavy atom. The first-order valence-electron chi connectivity index (χ1n) is 7.42. The summed E-state index contributed by atoms with van der Waals surface area (Å²) in [5.74, 6) is 0.788. The van der Waals surface area contributed by atoms with Crippen LogP contribution in [-0.2, 0) is 6.42 Å². The molecule has 106 valence electrons. The molecule has 2 heteroatoms. The van der Waals surface area contributed by atoms with Crippen LogP contribution in [0, 0.1) is 18.3 Å². The zero-order valence-electron chi connectivity index (χ0n) is 12.6. The highest BCUT2D eigenvalue weighted by molar-refractivity contribution is 6.31. The van der Waals surface area contributed by atoms with Gasteiger partial charge in [0, 0.05) is 11.1 Å². The summed E-state index contributed by atoms with van der Waals surface area (Å²) in [4.78, 5) is 0. The van der Waals surface area contributed by atoms with E-state index in [2.05, 4.69) is 51.2 Å². The van der Waals surface area contributed by atoms with E-state index in [4.69, 9.17) is 11.6 Å². The molecule has 0 amide bonds. The lowest BCUT2D eigenvalue weighted by Gasteiger charge is -2.21. The van der Waals surface area contributed by atoms with Crippen LogP contribution in [0.15, 0.2) is 18.2 Å². The van der Waals surface area contributed by atoms with E-state index in [1.54, 1.807) is 0 Å². The molecular weight excluding hydrogens is 254 g/mol. The number of hydrogen-bond acceptors (Lipinski definition) is 1. The second kappa shape index (κ2) is 5.85. The molecule has 1 aromatic carbocycles. The van der Waals surface area contributed by atoms with Crippen molar-refractivity contribution < 1.29 is 0 Å². The summed E-state index contributed by atoms with van der Waals surface area (Å²) in [5, 5.41) is 4.64. The van der Waals surface area contributed by atoms with Gasteiger partial charge in [-0.05, 0) is 61.3 Å². The van der Waals surface area contributed by atoms with Crippen molar-refractivity contribution in [1.82, 2.24) is 5.32 Å². The first-order chi connectivity index (χ1) is 8.94. The molecule has 0 spiro atoms. The Kier molecular flexibility index (Phi) is 4.58. The second-order valence-corrected chi connectivity index (χ2v) is 7.07. The number of aryl methyl sites for hydroxylation is 1. The van der Waals surface area contributed by atoms with Gasteiger partial charge in [0.15, 0.2) is 0 Å². The van der Waals surface area contributed by atoms with Crippen molar-refractivity contribution in [1.29, 1.82) is 0 Å². The summed E-state index contributed by atoms with van der Waals surface area (Å²) in [5.41, 5.74) is 3.02. The van der Waals surface area contributed by atoms with Crippen molar-refractivity contribution in [2.45, 2.75) is 53.0 Å². The van der Waals surface area contributed by atoms with Gasteiger partial charge in [0.1, 0.15) is 0 Å².